The van der Waals surface area contributed by atoms with Gasteiger partial charge in [-0.15, -0.1) is 0 Å². The van der Waals surface area contributed by atoms with Gasteiger partial charge in [-0.1, -0.05) is 13.0 Å². The number of rotatable bonds is 7. The second-order valence-corrected chi connectivity index (χ2v) is 6.56. The second kappa shape index (κ2) is 6.77. The van der Waals surface area contributed by atoms with E-state index in [2.05, 4.69) is 0 Å². The molecule has 0 amide bonds. The van der Waals surface area contributed by atoms with E-state index in [1.807, 2.05) is 6.92 Å². The van der Waals surface area contributed by atoms with Crippen molar-refractivity contribution in [3.8, 4) is 11.5 Å². The molecular weight excluding hydrogens is 266 g/mol. The lowest BCUT2D eigenvalue weighted by molar-refractivity contribution is 0.354. The van der Waals surface area contributed by atoms with Gasteiger partial charge in [0.25, 0.3) is 0 Å². The van der Waals surface area contributed by atoms with Crippen molar-refractivity contribution in [2.75, 3.05) is 25.7 Å². The van der Waals surface area contributed by atoms with Gasteiger partial charge in [-0.25, -0.2) is 8.42 Å². The van der Waals surface area contributed by atoms with Crippen LogP contribution in [0.3, 0.4) is 0 Å². The zero-order chi connectivity index (χ0) is 14.5. The van der Waals surface area contributed by atoms with Gasteiger partial charge in [0.2, 0.25) is 0 Å². The van der Waals surface area contributed by atoms with E-state index in [1.54, 1.807) is 25.3 Å². The number of hydrogen-bond acceptors (Lipinski definition) is 5. The van der Waals surface area contributed by atoms with Crippen molar-refractivity contribution < 1.29 is 17.9 Å². The monoisotopic (exact) mass is 287 g/mol. The van der Waals surface area contributed by atoms with Gasteiger partial charge < -0.3 is 15.2 Å². The standard InChI is InChI=1S/C13H21NO4S/c1-4-7-19(15,16)9-11(14)10-5-6-12(17-2)13(8-10)18-3/h5-6,8,11H,4,7,9,14H2,1-3H3. The lowest BCUT2D eigenvalue weighted by Crippen LogP contribution is -2.23. The summed E-state index contributed by atoms with van der Waals surface area (Å²) in [6, 6.07) is 4.63. The second-order valence-electron chi connectivity index (χ2n) is 4.34. The SMILES string of the molecule is CCCS(=O)(=O)CC(N)c1ccc(OC)c(OC)c1. The number of benzene rings is 1. The van der Waals surface area contributed by atoms with Gasteiger partial charge in [0, 0.05) is 11.8 Å². The van der Waals surface area contributed by atoms with Crippen molar-refractivity contribution in [3.63, 3.8) is 0 Å². The predicted octanol–water partition coefficient (Wildman–Crippen LogP) is 1.53. The number of hydrogen-bond donors (Lipinski definition) is 1. The molecule has 0 heterocycles. The van der Waals surface area contributed by atoms with Crippen LogP contribution in [0, 0.1) is 0 Å². The Morgan fingerprint density at radius 1 is 1.21 bits per heavy atom. The van der Waals surface area contributed by atoms with Crippen molar-refractivity contribution in [2.24, 2.45) is 5.73 Å². The smallest absolute Gasteiger partial charge is 0.161 e. The Morgan fingerprint density at radius 3 is 2.37 bits per heavy atom. The fourth-order valence-corrected chi connectivity index (χ4v) is 3.38. The molecule has 0 aliphatic rings. The molecule has 1 aromatic rings. The fourth-order valence-electron chi connectivity index (χ4n) is 1.85. The van der Waals surface area contributed by atoms with Gasteiger partial charge in [0.1, 0.15) is 0 Å². The highest BCUT2D eigenvalue weighted by atomic mass is 32.2. The molecule has 5 nitrogen and oxygen atoms in total. The summed E-state index contributed by atoms with van der Waals surface area (Å²) in [6.45, 7) is 1.83. The Bertz CT molecular complexity index is 513. The van der Waals surface area contributed by atoms with Gasteiger partial charge in [-0.05, 0) is 24.1 Å². The van der Waals surface area contributed by atoms with Gasteiger partial charge in [-0.3, -0.25) is 0 Å². The zero-order valence-corrected chi connectivity index (χ0v) is 12.4. The van der Waals surface area contributed by atoms with Crippen LogP contribution in [0.4, 0.5) is 0 Å². The third kappa shape index (κ3) is 4.40. The molecule has 2 N–H and O–H groups in total. The highest BCUT2D eigenvalue weighted by Crippen LogP contribution is 2.29. The molecular formula is C13H21NO4S. The van der Waals surface area contributed by atoms with Crippen LogP contribution >= 0.6 is 0 Å². The molecule has 0 saturated heterocycles. The van der Waals surface area contributed by atoms with E-state index in [-0.39, 0.29) is 11.5 Å². The molecule has 1 unspecified atom stereocenters. The average molecular weight is 287 g/mol. The summed E-state index contributed by atoms with van der Waals surface area (Å²) in [5.41, 5.74) is 6.67. The Morgan fingerprint density at radius 2 is 1.84 bits per heavy atom. The van der Waals surface area contributed by atoms with E-state index in [1.165, 1.54) is 7.11 Å². The summed E-state index contributed by atoms with van der Waals surface area (Å²) in [7, 11) is -0.0378. The first-order valence-electron chi connectivity index (χ1n) is 6.11. The number of nitrogens with two attached hydrogens (primary N) is 1. The fraction of sp³-hybridized carbons (Fsp3) is 0.538. The minimum atomic E-state index is -3.11. The van der Waals surface area contributed by atoms with Crippen LogP contribution < -0.4 is 15.2 Å². The van der Waals surface area contributed by atoms with Crippen LogP contribution in [0.2, 0.25) is 0 Å². The average Bonchev–Trinajstić information content (AvgIpc) is 2.37. The summed E-state index contributed by atoms with van der Waals surface area (Å²) in [5, 5.41) is 0. The Hall–Kier alpha value is -1.27. The molecule has 0 aliphatic heterocycles. The minimum absolute atomic E-state index is 0.0592. The van der Waals surface area contributed by atoms with Crippen LogP contribution in [0.5, 0.6) is 11.5 Å². The van der Waals surface area contributed by atoms with Crippen LogP contribution in [0.25, 0.3) is 0 Å². The van der Waals surface area contributed by atoms with E-state index in [0.717, 1.165) is 5.56 Å². The van der Waals surface area contributed by atoms with Crippen LogP contribution in [0.1, 0.15) is 24.9 Å². The molecule has 0 spiro atoms. The molecule has 0 radical (unpaired) electrons. The molecule has 0 fully saturated rings. The molecule has 108 valence electrons. The van der Waals surface area contributed by atoms with Crippen LogP contribution in [-0.2, 0) is 9.84 Å². The van der Waals surface area contributed by atoms with Crippen molar-refractivity contribution >= 4 is 9.84 Å². The van der Waals surface area contributed by atoms with Crippen molar-refractivity contribution in [1.82, 2.24) is 0 Å². The van der Waals surface area contributed by atoms with E-state index in [9.17, 15) is 8.42 Å². The number of sulfone groups is 1. The van der Waals surface area contributed by atoms with Gasteiger partial charge in [0.15, 0.2) is 21.3 Å². The normalized spacial score (nSPS) is 13.1. The first kappa shape index (κ1) is 15.8. The molecule has 1 atom stereocenters. The lowest BCUT2D eigenvalue weighted by Gasteiger charge is -2.15. The van der Waals surface area contributed by atoms with Crippen molar-refractivity contribution in [1.29, 1.82) is 0 Å². The van der Waals surface area contributed by atoms with E-state index in [0.29, 0.717) is 17.9 Å². The quantitative estimate of drug-likeness (QED) is 0.822. The maximum Gasteiger partial charge on any atom is 0.161 e. The third-order valence-corrected chi connectivity index (χ3v) is 4.68. The van der Waals surface area contributed by atoms with Gasteiger partial charge in [-0.2, -0.15) is 0 Å². The van der Waals surface area contributed by atoms with Crippen molar-refractivity contribution in [3.05, 3.63) is 23.8 Å². The summed E-state index contributed by atoms with van der Waals surface area (Å²) < 4.78 is 33.8. The number of ether oxygens (including phenoxy) is 2. The maximum absolute atomic E-state index is 11.8. The maximum atomic E-state index is 11.8. The summed E-state index contributed by atoms with van der Waals surface area (Å²) in [5.74, 6) is 1.24. The summed E-state index contributed by atoms with van der Waals surface area (Å²) in [6.07, 6.45) is 0.598. The lowest BCUT2D eigenvalue weighted by atomic mass is 10.1. The Kier molecular flexibility index (Phi) is 5.62. The predicted molar refractivity (Wildman–Crippen MR) is 75.4 cm³/mol. The molecule has 1 aromatic carbocycles. The topological polar surface area (TPSA) is 78.6 Å². The number of methoxy groups -OCH3 is 2. The molecule has 1 rings (SSSR count). The molecule has 0 aromatic heterocycles. The molecule has 6 heteroatoms. The van der Waals surface area contributed by atoms with Crippen LogP contribution in [0.15, 0.2) is 18.2 Å². The molecule has 19 heavy (non-hydrogen) atoms. The first-order chi connectivity index (χ1) is 8.93. The molecule has 0 aliphatic carbocycles. The van der Waals surface area contributed by atoms with E-state index >= 15 is 0 Å². The van der Waals surface area contributed by atoms with Gasteiger partial charge in [0.05, 0.1) is 20.0 Å². The Labute approximate surface area is 114 Å². The zero-order valence-electron chi connectivity index (χ0n) is 11.5. The highest BCUT2D eigenvalue weighted by molar-refractivity contribution is 7.91. The van der Waals surface area contributed by atoms with Gasteiger partial charge >= 0.3 is 0 Å². The molecule has 0 saturated carbocycles. The van der Waals surface area contributed by atoms with Crippen molar-refractivity contribution in [2.45, 2.75) is 19.4 Å². The molecule has 0 bridgehead atoms. The van der Waals surface area contributed by atoms with E-state index < -0.39 is 15.9 Å². The minimum Gasteiger partial charge on any atom is -0.493 e. The Balaban J connectivity index is 2.91. The summed E-state index contributed by atoms with van der Waals surface area (Å²) >= 11 is 0. The first-order valence-corrected chi connectivity index (χ1v) is 7.93. The largest absolute Gasteiger partial charge is 0.493 e. The summed E-state index contributed by atoms with van der Waals surface area (Å²) in [4.78, 5) is 0. The van der Waals surface area contributed by atoms with Crippen LogP contribution in [-0.4, -0.2) is 34.1 Å². The highest BCUT2D eigenvalue weighted by Gasteiger charge is 2.18. The van der Waals surface area contributed by atoms with E-state index in [4.69, 9.17) is 15.2 Å². The third-order valence-electron chi connectivity index (χ3n) is 2.78.